The summed E-state index contributed by atoms with van der Waals surface area (Å²) in [5.41, 5.74) is 2.12. The van der Waals surface area contributed by atoms with Crippen LogP contribution in [0, 0.1) is 0 Å². The third-order valence-electron chi connectivity index (χ3n) is 3.54. The van der Waals surface area contributed by atoms with E-state index in [2.05, 4.69) is 23.3 Å². The molecule has 1 unspecified atom stereocenters. The maximum Gasteiger partial charge on any atom is 0.333 e. The van der Waals surface area contributed by atoms with Gasteiger partial charge in [0, 0.05) is 29.6 Å². The average Bonchev–Trinajstić information content (AvgIpc) is 2.85. The van der Waals surface area contributed by atoms with Crippen molar-refractivity contribution in [1.82, 2.24) is 4.90 Å². The van der Waals surface area contributed by atoms with Gasteiger partial charge in [0.15, 0.2) is 0 Å². The van der Waals surface area contributed by atoms with E-state index in [0.717, 1.165) is 19.5 Å². The molecule has 0 saturated carbocycles. The van der Waals surface area contributed by atoms with Crippen molar-refractivity contribution in [3.8, 4) is 0 Å². The molecule has 0 saturated heterocycles. The molecule has 0 fully saturated rings. The Bertz CT molecular complexity index is 464. The van der Waals surface area contributed by atoms with Crippen molar-refractivity contribution in [2.45, 2.75) is 26.3 Å². The molecular formula is C14H19NO2S. The van der Waals surface area contributed by atoms with Crippen molar-refractivity contribution >= 4 is 17.3 Å². The lowest BCUT2D eigenvalue weighted by Crippen LogP contribution is -2.33. The summed E-state index contributed by atoms with van der Waals surface area (Å²) in [4.78, 5) is 15.2. The molecule has 4 heteroatoms. The fourth-order valence-corrected chi connectivity index (χ4v) is 3.27. The van der Waals surface area contributed by atoms with Gasteiger partial charge in [-0.3, -0.25) is 4.90 Å². The third kappa shape index (κ3) is 2.65. The van der Waals surface area contributed by atoms with Crippen molar-refractivity contribution in [1.29, 1.82) is 0 Å². The lowest BCUT2D eigenvalue weighted by Gasteiger charge is -2.32. The van der Waals surface area contributed by atoms with Crippen molar-refractivity contribution in [3.63, 3.8) is 0 Å². The van der Waals surface area contributed by atoms with Crippen molar-refractivity contribution in [2.24, 2.45) is 0 Å². The Morgan fingerprint density at radius 3 is 3.17 bits per heavy atom. The summed E-state index contributed by atoms with van der Waals surface area (Å²) in [6.07, 6.45) is 3.07. The molecule has 98 valence electrons. The normalized spacial score (nSPS) is 20.6. The van der Waals surface area contributed by atoms with Crippen LogP contribution >= 0.6 is 11.3 Å². The number of fused-ring (bicyclic) bond motifs is 1. The molecule has 18 heavy (non-hydrogen) atoms. The van der Waals surface area contributed by atoms with E-state index in [-0.39, 0.29) is 5.97 Å². The Kier molecular flexibility index (Phi) is 4.19. The Balaban J connectivity index is 2.02. The number of esters is 1. The van der Waals surface area contributed by atoms with Gasteiger partial charge in [-0.15, -0.1) is 11.3 Å². The number of rotatable bonds is 3. The molecule has 1 aliphatic rings. The molecule has 1 atom stereocenters. The SMILES string of the molecule is COC(=O)C(C)=CCN1CCc2sccc2C1C. The standard InChI is InChI=1S/C14H19NO2S/c1-10(14(16)17-3)4-7-15-8-5-13-12(11(15)2)6-9-18-13/h4,6,9,11H,5,7-8H2,1-3H3. The monoisotopic (exact) mass is 265 g/mol. The van der Waals surface area contributed by atoms with Gasteiger partial charge in [-0.05, 0) is 37.3 Å². The van der Waals surface area contributed by atoms with Crippen LogP contribution in [0.15, 0.2) is 23.1 Å². The van der Waals surface area contributed by atoms with Gasteiger partial charge in [-0.2, -0.15) is 0 Å². The molecule has 0 amide bonds. The molecule has 0 spiro atoms. The van der Waals surface area contributed by atoms with Crippen LogP contribution in [0.1, 0.15) is 30.3 Å². The summed E-state index contributed by atoms with van der Waals surface area (Å²) in [5.74, 6) is -0.240. The lowest BCUT2D eigenvalue weighted by molar-refractivity contribution is -0.136. The first kappa shape index (κ1) is 13.3. The van der Waals surface area contributed by atoms with E-state index in [1.807, 2.05) is 17.4 Å². The topological polar surface area (TPSA) is 29.5 Å². The highest BCUT2D eigenvalue weighted by atomic mass is 32.1. The van der Waals surface area contributed by atoms with Gasteiger partial charge in [0.1, 0.15) is 0 Å². The van der Waals surface area contributed by atoms with E-state index in [4.69, 9.17) is 4.74 Å². The first-order chi connectivity index (χ1) is 8.63. The van der Waals surface area contributed by atoms with Gasteiger partial charge >= 0.3 is 5.97 Å². The second-order valence-corrected chi connectivity index (χ2v) is 5.60. The molecule has 0 aliphatic carbocycles. The summed E-state index contributed by atoms with van der Waals surface area (Å²) in [6, 6.07) is 2.65. The maximum atomic E-state index is 11.3. The van der Waals surface area contributed by atoms with Crippen molar-refractivity contribution in [2.75, 3.05) is 20.2 Å². The minimum Gasteiger partial charge on any atom is -0.466 e. The summed E-state index contributed by atoms with van der Waals surface area (Å²) in [5, 5.41) is 2.17. The molecule has 0 radical (unpaired) electrons. The third-order valence-corrected chi connectivity index (χ3v) is 4.54. The highest BCUT2D eigenvalue weighted by molar-refractivity contribution is 7.10. The first-order valence-corrected chi connectivity index (χ1v) is 7.07. The van der Waals surface area contributed by atoms with E-state index in [0.29, 0.717) is 11.6 Å². The zero-order chi connectivity index (χ0) is 13.1. The molecule has 2 rings (SSSR count). The number of carbonyl (C=O) groups excluding carboxylic acids is 1. The predicted molar refractivity (Wildman–Crippen MR) is 73.8 cm³/mol. The van der Waals surface area contributed by atoms with Crippen LogP contribution in [0.5, 0.6) is 0 Å². The fraction of sp³-hybridized carbons (Fsp3) is 0.500. The lowest BCUT2D eigenvalue weighted by atomic mass is 10.0. The van der Waals surface area contributed by atoms with Crippen LogP contribution in [-0.2, 0) is 16.0 Å². The van der Waals surface area contributed by atoms with Crippen LogP contribution in [0.25, 0.3) is 0 Å². The quantitative estimate of drug-likeness (QED) is 0.622. The van der Waals surface area contributed by atoms with Crippen LogP contribution in [-0.4, -0.2) is 31.1 Å². The minimum atomic E-state index is -0.240. The van der Waals surface area contributed by atoms with E-state index in [1.54, 1.807) is 6.92 Å². The summed E-state index contributed by atoms with van der Waals surface area (Å²) >= 11 is 1.85. The number of methoxy groups -OCH3 is 1. The van der Waals surface area contributed by atoms with Gasteiger partial charge < -0.3 is 4.74 Å². The largest absolute Gasteiger partial charge is 0.466 e. The fourth-order valence-electron chi connectivity index (χ4n) is 2.31. The van der Waals surface area contributed by atoms with Crippen LogP contribution in [0.2, 0.25) is 0 Å². The van der Waals surface area contributed by atoms with Gasteiger partial charge in [0.05, 0.1) is 7.11 Å². The highest BCUT2D eigenvalue weighted by Gasteiger charge is 2.23. The summed E-state index contributed by atoms with van der Waals surface area (Å²) in [6.45, 7) is 5.89. The molecule has 3 nitrogen and oxygen atoms in total. The Morgan fingerprint density at radius 1 is 1.67 bits per heavy atom. The Morgan fingerprint density at radius 2 is 2.44 bits per heavy atom. The van der Waals surface area contributed by atoms with Crippen molar-refractivity contribution in [3.05, 3.63) is 33.5 Å². The molecule has 0 N–H and O–H groups in total. The molecule has 2 heterocycles. The molecule has 1 aromatic rings. The second kappa shape index (κ2) is 5.67. The molecule has 0 aromatic carbocycles. The van der Waals surface area contributed by atoms with Crippen LogP contribution in [0.3, 0.4) is 0 Å². The summed E-state index contributed by atoms with van der Waals surface area (Å²) < 4.78 is 4.70. The number of carbonyl (C=O) groups is 1. The number of ether oxygens (including phenoxy) is 1. The first-order valence-electron chi connectivity index (χ1n) is 6.19. The van der Waals surface area contributed by atoms with Crippen LogP contribution in [0.4, 0.5) is 0 Å². The molecule has 0 bridgehead atoms. The van der Waals surface area contributed by atoms with E-state index in [9.17, 15) is 4.79 Å². The van der Waals surface area contributed by atoms with Gasteiger partial charge in [0.2, 0.25) is 0 Å². The number of nitrogens with zero attached hydrogens (tertiary/aromatic N) is 1. The maximum absolute atomic E-state index is 11.3. The molecule has 1 aliphatic heterocycles. The van der Waals surface area contributed by atoms with E-state index in [1.165, 1.54) is 17.6 Å². The average molecular weight is 265 g/mol. The smallest absolute Gasteiger partial charge is 0.333 e. The number of hydrogen-bond donors (Lipinski definition) is 0. The van der Waals surface area contributed by atoms with Gasteiger partial charge in [-0.25, -0.2) is 4.79 Å². The van der Waals surface area contributed by atoms with Crippen LogP contribution < -0.4 is 0 Å². The summed E-state index contributed by atoms with van der Waals surface area (Å²) in [7, 11) is 1.42. The molecular weight excluding hydrogens is 246 g/mol. The Hall–Kier alpha value is -1.13. The van der Waals surface area contributed by atoms with Gasteiger partial charge in [0.25, 0.3) is 0 Å². The second-order valence-electron chi connectivity index (χ2n) is 4.60. The number of hydrogen-bond acceptors (Lipinski definition) is 4. The van der Waals surface area contributed by atoms with E-state index < -0.39 is 0 Å². The number of thiophene rings is 1. The van der Waals surface area contributed by atoms with E-state index >= 15 is 0 Å². The highest BCUT2D eigenvalue weighted by Crippen LogP contribution is 2.32. The van der Waals surface area contributed by atoms with Gasteiger partial charge in [-0.1, -0.05) is 6.08 Å². The minimum absolute atomic E-state index is 0.240. The molecule has 1 aromatic heterocycles. The zero-order valence-electron chi connectivity index (χ0n) is 11.1. The predicted octanol–water partition coefficient (Wildman–Crippen LogP) is 2.79. The Labute approximate surface area is 112 Å². The zero-order valence-corrected chi connectivity index (χ0v) is 11.9. The van der Waals surface area contributed by atoms with Crippen molar-refractivity contribution < 1.29 is 9.53 Å².